The van der Waals surface area contributed by atoms with E-state index in [0.717, 1.165) is 30.5 Å². The van der Waals surface area contributed by atoms with Crippen LogP contribution in [0.2, 0.25) is 0 Å². The number of hydrogen-bond donors (Lipinski definition) is 1. The molecule has 2 amide bonds. The molecule has 7 nitrogen and oxygen atoms in total. The molecule has 0 aromatic heterocycles. The van der Waals surface area contributed by atoms with Gasteiger partial charge in [0.2, 0.25) is 11.8 Å². The highest BCUT2D eigenvalue weighted by Gasteiger charge is 2.35. The van der Waals surface area contributed by atoms with Crippen LogP contribution in [-0.4, -0.2) is 50.8 Å². The molecule has 0 fully saturated rings. The van der Waals surface area contributed by atoms with Crippen molar-refractivity contribution in [1.82, 2.24) is 10.2 Å². The number of alkyl halides is 3. The Kier molecular flexibility index (Phi) is 11.6. The second-order valence-corrected chi connectivity index (χ2v) is 11.6. The highest BCUT2D eigenvalue weighted by atomic mass is 32.2. The Labute approximate surface area is 245 Å². The van der Waals surface area contributed by atoms with Crippen LogP contribution in [-0.2, 0) is 32.2 Å². The summed E-state index contributed by atoms with van der Waals surface area (Å²) < 4.78 is 69.0. The van der Waals surface area contributed by atoms with Crippen LogP contribution >= 0.6 is 0 Å². The lowest BCUT2D eigenvalue weighted by Crippen LogP contribution is -2.53. The minimum atomic E-state index is -4.73. The van der Waals surface area contributed by atoms with Crippen LogP contribution in [0.25, 0.3) is 0 Å². The maximum Gasteiger partial charge on any atom is 0.416 e. The van der Waals surface area contributed by atoms with Gasteiger partial charge in [0.15, 0.2) is 0 Å². The average Bonchev–Trinajstić information content (AvgIpc) is 2.98. The van der Waals surface area contributed by atoms with Crippen LogP contribution < -0.4 is 9.62 Å². The van der Waals surface area contributed by atoms with Gasteiger partial charge in [-0.25, -0.2) is 8.42 Å². The molecule has 11 heteroatoms. The van der Waals surface area contributed by atoms with Gasteiger partial charge in [-0.3, -0.25) is 13.9 Å². The molecule has 0 saturated carbocycles. The predicted octanol–water partition coefficient (Wildman–Crippen LogP) is 5.67. The molecule has 0 spiro atoms. The number of carbonyl (C=O) groups excluding carboxylic acids is 2. The normalized spacial score (nSPS) is 12.4. The van der Waals surface area contributed by atoms with E-state index in [4.69, 9.17) is 0 Å². The van der Waals surface area contributed by atoms with Gasteiger partial charge in [0.1, 0.15) is 12.6 Å². The first-order valence-corrected chi connectivity index (χ1v) is 15.3. The van der Waals surface area contributed by atoms with E-state index < -0.39 is 40.3 Å². The van der Waals surface area contributed by atoms with Crippen molar-refractivity contribution >= 4 is 27.5 Å². The Bertz CT molecular complexity index is 1420. The lowest BCUT2D eigenvalue weighted by Gasteiger charge is -2.33. The van der Waals surface area contributed by atoms with Crippen LogP contribution in [0.5, 0.6) is 0 Å². The Morgan fingerprint density at radius 3 is 2.14 bits per heavy atom. The molecular formula is C31H36F3N3O4S. The number of hydrogen-bond acceptors (Lipinski definition) is 4. The number of amides is 2. The average molecular weight is 604 g/mol. The first-order valence-electron chi connectivity index (χ1n) is 13.8. The number of rotatable bonds is 14. The number of nitrogens with zero attached hydrogens (tertiary/aromatic N) is 2. The van der Waals surface area contributed by atoms with Crippen molar-refractivity contribution in [3.8, 4) is 0 Å². The summed E-state index contributed by atoms with van der Waals surface area (Å²) in [7, 11) is -4.46. The van der Waals surface area contributed by atoms with E-state index in [-0.39, 0.29) is 29.5 Å². The summed E-state index contributed by atoms with van der Waals surface area (Å²) in [5, 5.41) is 2.84. The highest BCUT2D eigenvalue weighted by Crippen LogP contribution is 2.33. The van der Waals surface area contributed by atoms with Crippen molar-refractivity contribution in [3.63, 3.8) is 0 Å². The maximum atomic E-state index is 14.0. The van der Waals surface area contributed by atoms with Gasteiger partial charge in [-0.2, -0.15) is 13.2 Å². The van der Waals surface area contributed by atoms with Crippen molar-refractivity contribution in [1.29, 1.82) is 0 Å². The third kappa shape index (κ3) is 8.58. The van der Waals surface area contributed by atoms with Crippen molar-refractivity contribution in [3.05, 3.63) is 96.1 Å². The van der Waals surface area contributed by atoms with Crippen molar-refractivity contribution in [2.45, 2.75) is 56.6 Å². The zero-order valence-electron chi connectivity index (χ0n) is 23.7. The molecular weight excluding hydrogens is 567 g/mol. The number of benzene rings is 3. The number of sulfonamides is 1. The van der Waals surface area contributed by atoms with Crippen LogP contribution in [0.15, 0.2) is 89.8 Å². The lowest BCUT2D eigenvalue weighted by molar-refractivity contribution is -0.139. The van der Waals surface area contributed by atoms with Crippen LogP contribution in [0.1, 0.15) is 44.2 Å². The van der Waals surface area contributed by atoms with E-state index in [1.807, 2.05) is 37.3 Å². The molecule has 3 aromatic carbocycles. The Morgan fingerprint density at radius 2 is 1.55 bits per heavy atom. The van der Waals surface area contributed by atoms with E-state index in [1.54, 1.807) is 13.0 Å². The molecule has 1 unspecified atom stereocenters. The SMILES string of the molecule is CCCCNC(=O)C(CC)N(CCc1ccccc1)C(=O)CN(c1cccc(C(F)(F)F)c1)S(=O)(=O)c1ccccc1. The third-order valence-corrected chi connectivity index (χ3v) is 8.56. The first kappa shape index (κ1) is 32.7. The monoisotopic (exact) mass is 603 g/mol. The Balaban J connectivity index is 2.03. The molecule has 3 aromatic rings. The number of nitrogens with one attached hydrogen (secondary N) is 1. The number of halogens is 3. The topological polar surface area (TPSA) is 86.8 Å². The second-order valence-electron chi connectivity index (χ2n) is 9.76. The van der Waals surface area contributed by atoms with Gasteiger partial charge in [-0.15, -0.1) is 0 Å². The number of unbranched alkanes of at least 4 members (excludes halogenated alkanes) is 1. The minimum Gasteiger partial charge on any atom is -0.354 e. The summed E-state index contributed by atoms with van der Waals surface area (Å²) in [6, 6.07) is 19.4. The molecule has 1 N–H and O–H groups in total. The maximum absolute atomic E-state index is 14.0. The molecule has 0 aliphatic carbocycles. The van der Waals surface area contributed by atoms with Gasteiger partial charge >= 0.3 is 6.18 Å². The molecule has 226 valence electrons. The molecule has 3 rings (SSSR count). The summed E-state index contributed by atoms with van der Waals surface area (Å²) >= 11 is 0. The van der Waals surface area contributed by atoms with E-state index in [9.17, 15) is 31.2 Å². The first-order chi connectivity index (χ1) is 20.0. The fourth-order valence-corrected chi connectivity index (χ4v) is 5.91. The van der Waals surface area contributed by atoms with Crippen LogP contribution in [0, 0.1) is 0 Å². The molecule has 0 aliphatic rings. The van der Waals surface area contributed by atoms with Crippen LogP contribution in [0.3, 0.4) is 0 Å². The summed E-state index contributed by atoms with van der Waals surface area (Å²) in [6.07, 6.45) is -2.47. The zero-order valence-corrected chi connectivity index (χ0v) is 24.5. The van der Waals surface area contributed by atoms with Gasteiger partial charge in [0.25, 0.3) is 10.0 Å². The second kappa shape index (κ2) is 14.9. The van der Waals surface area contributed by atoms with Crippen molar-refractivity contribution in [2.75, 3.05) is 23.9 Å². The van der Waals surface area contributed by atoms with Gasteiger partial charge in [0, 0.05) is 13.1 Å². The summed E-state index contributed by atoms with van der Waals surface area (Å²) in [5.74, 6) is -1.08. The lowest BCUT2D eigenvalue weighted by atomic mass is 10.1. The zero-order chi connectivity index (χ0) is 30.8. The summed E-state index contributed by atoms with van der Waals surface area (Å²) in [5.41, 5.74) is -0.461. The largest absolute Gasteiger partial charge is 0.416 e. The molecule has 0 bridgehead atoms. The fraction of sp³-hybridized carbons (Fsp3) is 0.355. The molecule has 42 heavy (non-hydrogen) atoms. The smallest absolute Gasteiger partial charge is 0.354 e. The van der Waals surface area contributed by atoms with Crippen LogP contribution in [0.4, 0.5) is 18.9 Å². The summed E-state index contributed by atoms with van der Waals surface area (Å²) in [4.78, 5) is 28.3. The minimum absolute atomic E-state index is 0.102. The molecule has 0 heterocycles. The van der Waals surface area contributed by atoms with E-state index in [0.29, 0.717) is 23.3 Å². The van der Waals surface area contributed by atoms with E-state index in [1.165, 1.54) is 35.2 Å². The van der Waals surface area contributed by atoms with Gasteiger partial charge in [-0.05, 0) is 55.2 Å². The number of anilines is 1. The predicted molar refractivity (Wildman–Crippen MR) is 156 cm³/mol. The molecule has 1 atom stereocenters. The van der Waals surface area contributed by atoms with Gasteiger partial charge < -0.3 is 10.2 Å². The third-order valence-electron chi connectivity index (χ3n) is 6.77. The quantitative estimate of drug-likeness (QED) is 0.241. The van der Waals surface area contributed by atoms with Gasteiger partial charge in [-0.1, -0.05) is 74.9 Å². The standard InChI is InChI=1S/C31H36F3N3O4S/c1-3-5-20-35-30(39)28(4-2)36(21-19-24-13-8-6-9-14-24)29(38)23-37(42(40,41)27-17-10-7-11-18-27)26-16-12-15-25(22-26)31(32,33)34/h6-18,22,28H,3-5,19-21,23H2,1-2H3,(H,35,39). The highest BCUT2D eigenvalue weighted by molar-refractivity contribution is 7.92. The molecule has 0 radical (unpaired) electrons. The molecule has 0 aliphatic heterocycles. The Hall–Kier alpha value is -3.86. The number of carbonyl (C=O) groups is 2. The summed E-state index contributed by atoms with van der Waals surface area (Å²) in [6.45, 7) is 3.45. The van der Waals surface area contributed by atoms with Crippen molar-refractivity contribution < 1.29 is 31.2 Å². The van der Waals surface area contributed by atoms with Gasteiger partial charge in [0.05, 0.1) is 16.1 Å². The Morgan fingerprint density at radius 1 is 0.905 bits per heavy atom. The molecule has 0 saturated heterocycles. The van der Waals surface area contributed by atoms with Crippen molar-refractivity contribution in [2.24, 2.45) is 0 Å². The van der Waals surface area contributed by atoms with E-state index in [2.05, 4.69) is 5.32 Å². The fourth-order valence-electron chi connectivity index (χ4n) is 4.49. The van der Waals surface area contributed by atoms with E-state index >= 15 is 0 Å².